The molecular weight excluding hydrogens is 340 g/mol. The van der Waals surface area contributed by atoms with E-state index in [1.54, 1.807) is 0 Å². The molecule has 9 heteroatoms. The number of amides is 1. The van der Waals surface area contributed by atoms with Gasteiger partial charge < -0.3 is 0 Å². The van der Waals surface area contributed by atoms with Crippen LogP contribution in [0.3, 0.4) is 0 Å². The highest BCUT2D eigenvalue weighted by Gasteiger charge is 2.28. The van der Waals surface area contributed by atoms with Crippen molar-refractivity contribution in [3.05, 3.63) is 79.9 Å². The molecule has 0 atom stereocenters. The smallest absolute Gasteiger partial charge is 0.277 e. The van der Waals surface area contributed by atoms with E-state index in [-0.39, 0.29) is 5.56 Å². The van der Waals surface area contributed by atoms with E-state index in [0.29, 0.717) is 25.3 Å². The molecule has 0 unspecified atom stereocenters. The van der Waals surface area contributed by atoms with Gasteiger partial charge in [-0.15, -0.1) is 0 Å². The van der Waals surface area contributed by atoms with E-state index in [4.69, 9.17) is 0 Å². The summed E-state index contributed by atoms with van der Waals surface area (Å²) < 4.78 is 0. The second-order valence-electron chi connectivity index (χ2n) is 5.67. The first kappa shape index (κ1) is 17.2. The molecule has 2 aromatic rings. The Morgan fingerprint density at radius 1 is 1.04 bits per heavy atom. The van der Waals surface area contributed by atoms with Gasteiger partial charge >= 0.3 is 0 Å². The van der Waals surface area contributed by atoms with Gasteiger partial charge in [0.15, 0.2) is 0 Å². The van der Waals surface area contributed by atoms with Crippen molar-refractivity contribution >= 4 is 23.1 Å². The number of aliphatic imine (C=N–C) groups is 1. The number of amidine groups is 1. The lowest BCUT2D eigenvalue weighted by molar-refractivity contribution is -0.394. The number of hydrogen-bond donors (Lipinski definition) is 0. The predicted octanol–water partition coefficient (Wildman–Crippen LogP) is 2.60. The maximum absolute atomic E-state index is 12.8. The molecule has 1 heterocycles. The van der Waals surface area contributed by atoms with Crippen molar-refractivity contribution in [3.8, 4) is 0 Å². The zero-order valence-electron chi connectivity index (χ0n) is 13.6. The van der Waals surface area contributed by atoms with Gasteiger partial charge in [-0.3, -0.25) is 34.9 Å². The van der Waals surface area contributed by atoms with Crippen LogP contribution in [0, 0.1) is 20.2 Å². The minimum absolute atomic E-state index is 0.103. The summed E-state index contributed by atoms with van der Waals surface area (Å²) in [6, 6.07) is 12.4. The van der Waals surface area contributed by atoms with Crippen LogP contribution >= 0.6 is 0 Å². The van der Waals surface area contributed by atoms with E-state index in [0.717, 1.165) is 23.8 Å². The Labute approximate surface area is 147 Å². The average Bonchev–Trinajstić information content (AvgIpc) is 3.09. The van der Waals surface area contributed by atoms with E-state index in [1.165, 1.54) is 4.90 Å². The monoisotopic (exact) mass is 354 g/mol. The van der Waals surface area contributed by atoms with Crippen molar-refractivity contribution in [2.75, 3.05) is 13.1 Å². The fourth-order valence-electron chi connectivity index (χ4n) is 2.73. The maximum atomic E-state index is 12.8. The van der Waals surface area contributed by atoms with Crippen molar-refractivity contribution in [3.63, 3.8) is 0 Å². The zero-order chi connectivity index (χ0) is 18.7. The molecule has 0 aliphatic carbocycles. The van der Waals surface area contributed by atoms with Crippen LogP contribution in [-0.2, 0) is 6.42 Å². The summed E-state index contributed by atoms with van der Waals surface area (Å²) in [5.74, 6) is -0.000611. The first-order valence-electron chi connectivity index (χ1n) is 7.78. The Hall–Kier alpha value is -3.62. The first-order valence-corrected chi connectivity index (χ1v) is 7.78. The van der Waals surface area contributed by atoms with Gasteiger partial charge in [0.05, 0.1) is 28.0 Å². The lowest BCUT2D eigenvalue weighted by atomic mass is 10.1. The number of nitro groups is 2. The normalized spacial score (nSPS) is 13.4. The molecule has 9 nitrogen and oxygen atoms in total. The number of non-ortho nitro benzene ring substituents is 2. The van der Waals surface area contributed by atoms with Crippen molar-refractivity contribution in [2.45, 2.75) is 6.42 Å². The second-order valence-corrected chi connectivity index (χ2v) is 5.67. The molecule has 0 saturated carbocycles. The second kappa shape index (κ2) is 7.09. The van der Waals surface area contributed by atoms with Crippen LogP contribution in [0.25, 0.3) is 0 Å². The fourth-order valence-corrected chi connectivity index (χ4v) is 2.73. The Kier molecular flexibility index (Phi) is 4.70. The molecule has 1 aliphatic rings. The highest BCUT2D eigenvalue weighted by atomic mass is 16.6. The van der Waals surface area contributed by atoms with Crippen LogP contribution in [0.4, 0.5) is 11.4 Å². The lowest BCUT2D eigenvalue weighted by Gasteiger charge is -2.18. The van der Waals surface area contributed by atoms with Crippen molar-refractivity contribution < 1.29 is 14.6 Å². The summed E-state index contributed by atoms with van der Waals surface area (Å²) >= 11 is 0. The van der Waals surface area contributed by atoms with Gasteiger partial charge in [-0.05, 0) is 5.56 Å². The molecule has 0 aromatic heterocycles. The molecule has 3 rings (SSSR count). The van der Waals surface area contributed by atoms with Gasteiger partial charge in [0.25, 0.3) is 17.3 Å². The van der Waals surface area contributed by atoms with Crippen molar-refractivity contribution in [1.82, 2.24) is 4.90 Å². The highest BCUT2D eigenvalue weighted by molar-refractivity contribution is 6.08. The summed E-state index contributed by atoms with van der Waals surface area (Å²) in [6.45, 7) is 0.752. The predicted molar refractivity (Wildman–Crippen MR) is 93.2 cm³/mol. The van der Waals surface area contributed by atoms with Gasteiger partial charge in [-0.2, -0.15) is 0 Å². The quantitative estimate of drug-likeness (QED) is 0.604. The van der Waals surface area contributed by atoms with Crippen LogP contribution < -0.4 is 0 Å². The van der Waals surface area contributed by atoms with Gasteiger partial charge in [0, 0.05) is 25.1 Å². The van der Waals surface area contributed by atoms with E-state index in [1.807, 2.05) is 30.3 Å². The summed E-state index contributed by atoms with van der Waals surface area (Å²) in [6.07, 6.45) is 0.434. The first-order chi connectivity index (χ1) is 12.5. The van der Waals surface area contributed by atoms with Crippen LogP contribution in [0.15, 0.2) is 53.5 Å². The lowest BCUT2D eigenvalue weighted by Crippen LogP contribution is -2.35. The Bertz CT molecular complexity index is 878. The molecule has 26 heavy (non-hydrogen) atoms. The maximum Gasteiger partial charge on any atom is 0.277 e. The van der Waals surface area contributed by atoms with Gasteiger partial charge in [-0.25, -0.2) is 0 Å². The molecule has 0 radical (unpaired) electrons. The van der Waals surface area contributed by atoms with Gasteiger partial charge in [-0.1, -0.05) is 30.3 Å². The standard InChI is InChI=1S/C17H14N4O5/c22-17(13-9-14(20(23)24)11-15(10-13)21(25)26)19-7-6-18-16(19)8-12-4-2-1-3-5-12/h1-5,9-11H,6-8H2. The molecule has 1 aliphatic heterocycles. The topological polar surface area (TPSA) is 119 Å². The van der Waals surface area contributed by atoms with Gasteiger partial charge in [0.2, 0.25) is 0 Å². The number of carbonyl (C=O) groups is 1. The molecule has 2 aromatic carbocycles. The van der Waals surface area contributed by atoms with Gasteiger partial charge in [0.1, 0.15) is 5.84 Å². The minimum Gasteiger partial charge on any atom is -0.294 e. The molecule has 0 bridgehead atoms. The SMILES string of the molecule is O=C(c1cc([N+](=O)[O-])cc([N+](=O)[O-])c1)N1CCN=C1Cc1ccccc1. The fraction of sp³-hybridized carbons (Fsp3) is 0.176. The molecule has 132 valence electrons. The van der Waals surface area contributed by atoms with Crippen molar-refractivity contribution in [2.24, 2.45) is 4.99 Å². The number of carbonyl (C=O) groups excluding carboxylic acids is 1. The van der Waals surface area contributed by atoms with E-state index in [9.17, 15) is 25.0 Å². The van der Waals surface area contributed by atoms with Crippen LogP contribution in [-0.4, -0.2) is 39.6 Å². The third kappa shape index (κ3) is 3.56. The molecule has 1 amide bonds. The summed E-state index contributed by atoms with van der Waals surface area (Å²) in [4.78, 5) is 39.0. The number of hydrogen-bond acceptors (Lipinski definition) is 6. The molecular formula is C17H14N4O5. The minimum atomic E-state index is -0.757. The number of nitro benzene ring substituents is 2. The summed E-state index contributed by atoms with van der Waals surface area (Å²) in [5, 5.41) is 22.0. The Balaban J connectivity index is 1.90. The van der Waals surface area contributed by atoms with Crippen LogP contribution in [0.2, 0.25) is 0 Å². The van der Waals surface area contributed by atoms with Crippen molar-refractivity contribution in [1.29, 1.82) is 0 Å². The zero-order valence-corrected chi connectivity index (χ0v) is 13.6. The number of rotatable bonds is 5. The van der Waals surface area contributed by atoms with Crippen LogP contribution in [0.5, 0.6) is 0 Å². The van der Waals surface area contributed by atoms with E-state index in [2.05, 4.69) is 4.99 Å². The number of benzene rings is 2. The summed E-state index contributed by atoms with van der Waals surface area (Å²) in [7, 11) is 0. The molecule has 0 spiro atoms. The largest absolute Gasteiger partial charge is 0.294 e. The molecule has 0 fully saturated rings. The average molecular weight is 354 g/mol. The van der Waals surface area contributed by atoms with Crippen LogP contribution in [0.1, 0.15) is 15.9 Å². The highest BCUT2D eigenvalue weighted by Crippen LogP contribution is 2.24. The third-order valence-corrected chi connectivity index (χ3v) is 3.95. The Morgan fingerprint density at radius 2 is 1.65 bits per heavy atom. The van der Waals surface area contributed by atoms with E-state index < -0.39 is 27.1 Å². The molecule has 0 saturated heterocycles. The number of nitrogens with zero attached hydrogens (tertiary/aromatic N) is 4. The summed E-state index contributed by atoms with van der Waals surface area (Å²) in [5.41, 5.74) is -0.129. The molecule has 0 N–H and O–H groups in total. The third-order valence-electron chi connectivity index (χ3n) is 3.95. The van der Waals surface area contributed by atoms with E-state index >= 15 is 0 Å². The Morgan fingerprint density at radius 3 is 2.23 bits per heavy atom.